The van der Waals surface area contributed by atoms with Crippen LogP contribution in [0.1, 0.15) is 25.8 Å². The first-order chi connectivity index (χ1) is 7.63. The Morgan fingerprint density at radius 2 is 1.94 bits per heavy atom. The molecule has 0 unspecified atom stereocenters. The number of benzene rings is 1. The molecule has 4 heteroatoms. The summed E-state index contributed by atoms with van der Waals surface area (Å²) in [4.78, 5) is 11.6. The summed E-state index contributed by atoms with van der Waals surface area (Å²) >= 11 is 0. The van der Waals surface area contributed by atoms with E-state index >= 15 is 0 Å². The first kappa shape index (κ1) is 15.9. The van der Waals surface area contributed by atoms with Crippen molar-refractivity contribution in [3.63, 3.8) is 0 Å². The van der Waals surface area contributed by atoms with Crippen LogP contribution < -0.4 is 10.6 Å². The van der Waals surface area contributed by atoms with Gasteiger partial charge in [-0.3, -0.25) is 4.79 Å². The van der Waals surface area contributed by atoms with Gasteiger partial charge in [0.25, 0.3) is 0 Å². The monoisotopic (exact) mass is 256 g/mol. The first-order valence-electron chi connectivity index (χ1n) is 5.66. The van der Waals surface area contributed by atoms with Crippen molar-refractivity contribution in [2.24, 2.45) is 5.92 Å². The third-order valence-corrected chi connectivity index (χ3v) is 2.25. The molecule has 2 N–H and O–H groups in total. The normalized spacial score (nSPS) is 9.88. The van der Waals surface area contributed by atoms with Crippen molar-refractivity contribution < 1.29 is 4.79 Å². The second-order valence-corrected chi connectivity index (χ2v) is 4.33. The number of hydrogen-bond acceptors (Lipinski definition) is 2. The summed E-state index contributed by atoms with van der Waals surface area (Å²) in [6.07, 6.45) is 0.563. The molecule has 0 radical (unpaired) electrons. The van der Waals surface area contributed by atoms with Gasteiger partial charge < -0.3 is 10.6 Å². The number of hydrogen-bond donors (Lipinski definition) is 2. The van der Waals surface area contributed by atoms with Crippen LogP contribution in [0.4, 0.5) is 5.69 Å². The van der Waals surface area contributed by atoms with Crippen LogP contribution >= 0.6 is 12.4 Å². The van der Waals surface area contributed by atoms with E-state index in [0.717, 1.165) is 17.8 Å². The number of para-hydroxylation sites is 1. The Bertz CT molecular complexity index is 353. The number of carbonyl (C=O) groups excluding carboxylic acids is 1. The highest BCUT2D eigenvalue weighted by molar-refractivity contribution is 5.91. The van der Waals surface area contributed by atoms with E-state index in [9.17, 15) is 4.79 Å². The Kier molecular flexibility index (Phi) is 7.59. The summed E-state index contributed by atoms with van der Waals surface area (Å²) in [6, 6.07) is 7.86. The lowest BCUT2D eigenvalue weighted by molar-refractivity contribution is -0.116. The highest BCUT2D eigenvalue weighted by atomic mass is 35.5. The van der Waals surface area contributed by atoms with E-state index in [1.165, 1.54) is 0 Å². The molecule has 1 aromatic rings. The molecule has 0 aliphatic heterocycles. The van der Waals surface area contributed by atoms with Gasteiger partial charge in [0.05, 0.1) is 0 Å². The zero-order valence-corrected chi connectivity index (χ0v) is 11.4. The average molecular weight is 257 g/mol. The Labute approximate surface area is 109 Å². The van der Waals surface area contributed by atoms with Crippen molar-refractivity contribution in [1.29, 1.82) is 0 Å². The third kappa shape index (κ3) is 5.71. The molecule has 0 spiro atoms. The number of carbonyl (C=O) groups is 1. The molecule has 0 fully saturated rings. The van der Waals surface area contributed by atoms with Gasteiger partial charge in [-0.05, 0) is 24.6 Å². The van der Waals surface area contributed by atoms with Crippen LogP contribution in [0.3, 0.4) is 0 Å². The summed E-state index contributed by atoms with van der Waals surface area (Å²) in [5.41, 5.74) is 2.02. The maximum absolute atomic E-state index is 11.6. The van der Waals surface area contributed by atoms with E-state index in [2.05, 4.69) is 10.6 Å². The second-order valence-electron chi connectivity index (χ2n) is 4.33. The molecule has 0 bridgehead atoms. The lowest BCUT2D eigenvalue weighted by atomic mass is 10.1. The van der Waals surface area contributed by atoms with E-state index in [0.29, 0.717) is 12.3 Å². The predicted octanol–water partition coefficient (Wildman–Crippen LogP) is 2.81. The SMILES string of the molecule is CNCc1ccccc1NC(=O)CC(C)C.Cl. The largest absolute Gasteiger partial charge is 0.326 e. The van der Waals surface area contributed by atoms with Gasteiger partial charge in [0.2, 0.25) is 5.91 Å². The number of anilines is 1. The summed E-state index contributed by atoms with van der Waals surface area (Å²) < 4.78 is 0. The van der Waals surface area contributed by atoms with E-state index in [1.54, 1.807) is 0 Å². The minimum Gasteiger partial charge on any atom is -0.326 e. The van der Waals surface area contributed by atoms with Gasteiger partial charge >= 0.3 is 0 Å². The van der Waals surface area contributed by atoms with Crippen molar-refractivity contribution in [3.8, 4) is 0 Å². The van der Waals surface area contributed by atoms with Crippen LogP contribution in [0.25, 0.3) is 0 Å². The third-order valence-electron chi connectivity index (χ3n) is 2.25. The Morgan fingerprint density at radius 1 is 1.29 bits per heavy atom. The summed E-state index contributed by atoms with van der Waals surface area (Å²) in [5.74, 6) is 0.468. The molecule has 96 valence electrons. The summed E-state index contributed by atoms with van der Waals surface area (Å²) in [6.45, 7) is 4.84. The number of amides is 1. The van der Waals surface area contributed by atoms with Gasteiger partial charge in [-0.15, -0.1) is 12.4 Å². The highest BCUT2D eigenvalue weighted by Crippen LogP contribution is 2.15. The summed E-state index contributed by atoms with van der Waals surface area (Å²) in [5, 5.41) is 6.03. The van der Waals surface area contributed by atoms with E-state index in [4.69, 9.17) is 0 Å². The Morgan fingerprint density at radius 3 is 2.53 bits per heavy atom. The van der Waals surface area contributed by atoms with Crippen molar-refractivity contribution in [2.75, 3.05) is 12.4 Å². The van der Waals surface area contributed by atoms with Gasteiger partial charge in [-0.2, -0.15) is 0 Å². The molecule has 0 aliphatic rings. The molecule has 0 aromatic heterocycles. The molecular weight excluding hydrogens is 236 g/mol. The highest BCUT2D eigenvalue weighted by Gasteiger charge is 2.07. The molecule has 0 heterocycles. The van der Waals surface area contributed by atoms with Gasteiger partial charge in [-0.25, -0.2) is 0 Å². The van der Waals surface area contributed by atoms with Crippen molar-refractivity contribution in [3.05, 3.63) is 29.8 Å². The molecule has 3 nitrogen and oxygen atoms in total. The van der Waals surface area contributed by atoms with Gasteiger partial charge in [0, 0.05) is 18.7 Å². The minimum atomic E-state index is 0. The molecule has 0 saturated carbocycles. The minimum absolute atomic E-state index is 0. The van der Waals surface area contributed by atoms with Crippen LogP contribution in [0.2, 0.25) is 0 Å². The second kappa shape index (κ2) is 8.09. The van der Waals surface area contributed by atoms with Crippen LogP contribution in [0, 0.1) is 5.92 Å². The fourth-order valence-electron chi connectivity index (χ4n) is 1.56. The van der Waals surface area contributed by atoms with Gasteiger partial charge in [0.1, 0.15) is 0 Å². The first-order valence-corrected chi connectivity index (χ1v) is 5.66. The van der Waals surface area contributed by atoms with E-state index in [-0.39, 0.29) is 18.3 Å². The molecule has 1 aromatic carbocycles. The zero-order valence-electron chi connectivity index (χ0n) is 10.6. The van der Waals surface area contributed by atoms with Crippen molar-refractivity contribution in [2.45, 2.75) is 26.8 Å². The number of halogens is 1. The van der Waals surface area contributed by atoms with Crippen LogP contribution in [-0.4, -0.2) is 13.0 Å². The number of rotatable bonds is 5. The van der Waals surface area contributed by atoms with E-state index in [1.807, 2.05) is 45.2 Å². The fourth-order valence-corrected chi connectivity index (χ4v) is 1.56. The standard InChI is InChI=1S/C13H20N2O.ClH/c1-10(2)8-13(16)15-12-7-5-4-6-11(12)9-14-3;/h4-7,10,14H,8-9H2,1-3H3,(H,15,16);1H. The molecule has 0 saturated heterocycles. The maximum Gasteiger partial charge on any atom is 0.224 e. The fraction of sp³-hybridized carbons (Fsp3) is 0.462. The zero-order chi connectivity index (χ0) is 12.0. The maximum atomic E-state index is 11.6. The van der Waals surface area contributed by atoms with Crippen LogP contribution in [-0.2, 0) is 11.3 Å². The Hall–Kier alpha value is -1.06. The predicted molar refractivity (Wildman–Crippen MR) is 74.5 cm³/mol. The topological polar surface area (TPSA) is 41.1 Å². The lowest BCUT2D eigenvalue weighted by Crippen LogP contribution is -2.16. The quantitative estimate of drug-likeness (QED) is 0.851. The summed E-state index contributed by atoms with van der Waals surface area (Å²) in [7, 11) is 1.90. The van der Waals surface area contributed by atoms with Gasteiger partial charge in [0.15, 0.2) is 0 Å². The van der Waals surface area contributed by atoms with E-state index < -0.39 is 0 Å². The molecular formula is C13H21ClN2O. The lowest BCUT2D eigenvalue weighted by Gasteiger charge is -2.11. The van der Waals surface area contributed by atoms with Crippen molar-refractivity contribution in [1.82, 2.24) is 5.32 Å². The average Bonchev–Trinajstić information content (AvgIpc) is 2.20. The van der Waals surface area contributed by atoms with Crippen molar-refractivity contribution >= 4 is 24.0 Å². The molecule has 17 heavy (non-hydrogen) atoms. The molecule has 0 aliphatic carbocycles. The smallest absolute Gasteiger partial charge is 0.224 e. The van der Waals surface area contributed by atoms with Crippen LogP contribution in [0.5, 0.6) is 0 Å². The van der Waals surface area contributed by atoms with Crippen LogP contribution in [0.15, 0.2) is 24.3 Å². The molecule has 1 rings (SSSR count). The molecule has 1 amide bonds. The molecule has 0 atom stereocenters. The number of nitrogens with one attached hydrogen (secondary N) is 2. The van der Waals surface area contributed by atoms with Gasteiger partial charge in [-0.1, -0.05) is 32.0 Å². The Balaban J connectivity index is 0.00000256.